The molecule has 1 aliphatic rings. The predicted molar refractivity (Wildman–Crippen MR) is 53.3 cm³/mol. The Morgan fingerprint density at radius 1 is 1.62 bits per heavy atom. The lowest BCUT2D eigenvalue weighted by Gasteiger charge is -2.09. The number of carbonyl (C=O) groups is 1. The quantitative estimate of drug-likeness (QED) is 0.656. The largest absolute Gasteiger partial charge is 0.310 e. The van der Waals surface area contributed by atoms with Crippen LogP contribution in [0.2, 0.25) is 0 Å². The lowest BCUT2D eigenvalue weighted by atomic mass is 9.96. The van der Waals surface area contributed by atoms with Crippen LogP contribution < -0.4 is 5.32 Å². The van der Waals surface area contributed by atoms with Gasteiger partial charge in [0.05, 0.1) is 6.42 Å². The lowest BCUT2D eigenvalue weighted by Crippen LogP contribution is -2.13. The first kappa shape index (κ1) is 9.71. The summed E-state index contributed by atoms with van der Waals surface area (Å²) < 4.78 is 0. The molecule has 0 fully saturated rings. The van der Waals surface area contributed by atoms with Crippen LogP contribution in [0, 0.1) is 5.92 Å². The van der Waals surface area contributed by atoms with Gasteiger partial charge in [0.2, 0.25) is 5.91 Å². The first-order valence-electron chi connectivity index (χ1n) is 4.25. The highest BCUT2D eigenvalue weighted by Crippen LogP contribution is 2.26. The Balaban J connectivity index is 2.95. The average Bonchev–Trinajstić information content (AvgIpc) is 2.45. The van der Waals surface area contributed by atoms with Crippen LogP contribution in [0.1, 0.15) is 20.3 Å². The first-order valence-corrected chi connectivity index (χ1v) is 4.25. The number of nitrogens with one attached hydrogen (secondary N) is 1. The molecule has 1 heterocycles. The van der Waals surface area contributed by atoms with Gasteiger partial charge in [0.15, 0.2) is 0 Å². The fourth-order valence-corrected chi connectivity index (χ4v) is 1.25. The number of aliphatic imine (C=N–C) groups is 1. The second-order valence-corrected chi connectivity index (χ2v) is 3.39. The molecule has 0 saturated carbocycles. The molecule has 0 aromatic rings. The Bertz CT molecular complexity index is 300. The molecular formula is C10H14N2O. The van der Waals surface area contributed by atoms with Crippen molar-refractivity contribution in [2.45, 2.75) is 20.3 Å². The number of hydrogen-bond donors (Lipinski definition) is 1. The van der Waals surface area contributed by atoms with Gasteiger partial charge < -0.3 is 5.32 Å². The molecule has 0 saturated heterocycles. The molecule has 13 heavy (non-hydrogen) atoms. The van der Waals surface area contributed by atoms with Gasteiger partial charge in [0.25, 0.3) is 0 Å². The zero-order valence-electron chi connectivity index (χ0n) is 8.05. The predicted octanol–water partition coefficient (Wildman–Crippen LogP) is 1.63. The summed E-state index contributed by atoms with van der Waals surface area (Å²) in [5.74, 6) is 0.877. The molecule has 3 heteroatoms. The highest BCUT2D eigenvalue weighted by atomic mass is 16.1. The van der Waals surface area contributed by atoms with Gasteiger partial charge >= 0.3 is 0 Å². The third-order valence-electron chi connectivity index (χ3n) is 2.12. The maximum absolute atomic E-state index is 11.1. The third kappa shape index (κ3) is 1.86. The van der Waals surface area contributed by atoms with E-state index in [4.69, 9.17) is 0 Å². The summed E-state index contributed by atoms with van der Waals surface area (Å²) in [6, 6.07) is 0. The van der Waals surface area contributed by atoms with Gasteiger partial charge in [0, 0.05) is 5.57 Å². The summed E-state index contributed by atoms with van der Waals surface area (Å²) in [6.45, 7) is 11.4. The average molecular weight is 178 g/mol. The summed E-state index contributed by atoms with van der Waals surface area (Å²) in [4.78, 5) is 14.8. The molecule has 1 amide bonds. The second kappa shape index (κ2) is 3.56. The lowest BCUT2D eigenvalue weighted by molar-refractivity contribution is -0.118. The minimum absolute atomic E-state index is 0.0285. The summed E-state index contributed by atoms with van der Waals surface area (Å²) in [5, 5.41) is 2.64. The maximum Gasteiger partial charge on any atom is 0.230 e. The molecule has 0 atom stereocenters. The van der Waals surface area contributed by atoms with Crippen LogP contribution in [0.4, 0.5) is 0 Å². The summed E-state index contributed by atoms with van der Waals surface area (Å²) in [7, 11) is 0. The van der Waals surface area contributed by atoms with Crippen LogP contribution in [0.5, 0.6) is 0 Å². The van der Waals surface area contributed by atoms with Crippen molar-refractivity contribution >= 4 is 12.6 Å². The second-order valence-electron chi connectivity index (χ2n) is 3.39. The van der Waals surface area contributed by atoms with Crippen LogP contribution in [-0.2, 0) is 4.79 Å². The van der Waals surface area contributed by atoms with Gasteiger partial charge in [-0.15, -0.1) is 0 Å². The van der Waals surface area contributed by atoms with E-state index < -0.39 is 0 Å². The van der Waals surface area contributed by atoms with Gasteiger partial charge in [0.1, 0.15) is 5.82 Å². The Kier molecular flexibility index (Phi) is 2.66. The van der Waals surface area contributed by atoms with E-state index in [1.165, 1.54) is 0 Å². The van der Waals surface area contributed by atoms with Crippen molar-refractivity contribution in [2.24, 2.45) is 10.9 Å². The van der Waals surface area contributed by atoms with Crippen LogP contribution >= 0.6 is 0 Å². The smallest absolute Gasteiger partial charge is 0.230 e. The topological polar surface area (TPSA) is 41.5 Å². The van der Waals surface area contributed by atoms with Crippen molar-refractivity contribution in [1.82, 2.24) is 5.32 Å². The van der Waals surface area contributed by atoms with E-state index in [0.29, 0.717) is 18.2 Å². The monoisotopic (exact) mass is 178 g/mol. The van der Waals surface area contributed by atoms with E-state index in [1.807, 2.05) is 13.8 Å². The molecule has 1 N–H and O–H groups in total. The Morgan fingerprint density at radius 3 is 2.69 bits per heavy atom. The minimum atomic E-state index is -0.0285. The van der Waals surface area contributed by atoms with E-state index in [0.717, 1.165) is 11.1 Å². The van der Waals surface area contributed by atoms with E-state index in [9.17, 15) is 4.79 Å². The minimum Gasteiger partial charge on any atom is -0.310 e. The number of nitrogens with zero attached hydrogens (tertiary/aromatic N) is 1. The molecule has 0 bridgehead atoms. The molecule has 0 aromatic heterocycles. The summed E-state index contributed by atoms with van der Waals surface area (Å²) in [5.41, 5.74) is 1.86. The van der Waals surface area contributed by atoms with E-state index in [2.05, 4.69) is 23.6 Å². The van der Waals surface area contributed by atoms with Crippen LogP contribution in [-0.4, -0.2) is 12.6 Å². The molecule has 3 nitrogen and oxygen atoms in total. The van der Waals surface area contributed by atoms with Gasteiger partial charge in [-0.3, -0.25) is 4.79 Å². The van der Waals surface area contributed by atoms with Gasteiger partial charge in [-0.25, -0.2) is 4.99 Å². The van der Waals surface area contributed by atoms with Gasteiger partial charge in [-0.1, -0.05) is 20.4 Å². The molecule has 0 radical (unpaired) electrons. The Morgan fingerprint density at radius 2 is 2.23 bits per heavy atom. The summed E-state index contributed by atoms with van der Waals surface area (Å²) >= 11 is 0. The molecule has 70 valence electrons. The Labute approximate surface area is 78.2 Å². The molecular weight excluding hydrogens is 164 g/mol. The van der Waals surface area contributed by atoms with E-state index >= 15 is 0 Å². The zero-order valence-corrected chi connectivity index (χ0v) is 8.05. The van der Waals surface area contributed by atoms with Crippen molar-refractivity contribution < 1.29 is 4.79 Å². The number of amides is 1. The standard InChI is InChI=1S/C10H14N2O/c1-6(2)7(3)8-5-9(13)12-10(8)11-4/h6H,3-5H2,1-2H3,(H,12,13). The van der Waals surface area contributed by atoms with Crippen molar-refractivity contribution in [3.05, 3.63) is 23.5 Å². The highest BCUT2D eigenvalue weighted by Gasteiger charge is 2.23. The normalized spacial score (nSPS) is 16.4. The molecule has 1 rings (SSSR count). The summed E-state index contributed by atoms with van der Waals surface area (Å²) in [6.07, 6.45) is 0.380. The van der Waals surface area contributed by atoms with Crippen LogP contribution in [0.3, 0.4) is 0 Å². The van der Waals surface area contributed by atoms with Gasteiger partial charge in [-0.05, 0) is 18.2 Å². The molecule has 0 aromatic carbocycles. The molecule has 0 spiro atoms. The Hall–Kier alpha value is -1.38. The number of carbonyl (C=O) groups excluding carboxylic acids is 1. The fourth-order valence-electron chi connectivity index (χ4n) is 1.25. The fraction of sp³-hybridized carbons (Fsp3) is 0.400. The molecule has 1 aliphatic heterocycles. The van der Waals surface area contributed by atoms with Crippen LogP contribution in [0.25, 0.3) is 0 Å². The SMILES string of the molecule is C=NC1=C(C(=C)C(C)C)CC(=O)N1. The molecule has 0 aliphatic carbocycles. The van der Waals surface area contributed by atoms with Gasteiger partial charge in [-0.2, -0.15) is 0 Å². The number of hydrogen-bond acceptors (Lipinski definition) is 2. The van der Waals surface area contributed by atoms with Crippen molar-refractivity contribution in [1.29, 1.82) is 0 Å². The van der Waals surface area contributed by atoms with Crippen molar-refractivity contribution in [2.75, 3.05) is 0 Å². The first-order chi connectivity index (χ1) is 6.06. The highest BCUT2D eigenvalue weighted by molar-refractivity contribution is 5.85. The number of allylic oxidation sites excluding steroid dienone is 1. The zero-order chi connectivity index (χ0) is 10.0. The van der Waals surface area contributed by atoms with E-state index in [1.54, 1.807) is 0 Å². The van der Waals surface area contributed by atoms with Crippen LogP contribution in [0.15, 0.2) is 28.5 Å². The van der Waals surface area contributed by atoms with Crippen molar-refractivity contribution in [3.63, 3.8) is 0 Å². The third-order valence-corrected chi connectivity index (χ3v) is 2.12. The van der Waals surface area contributed by atoms with E-state index in [-0.39, 0.29) is 5.91 Å². The maximum atomic E-state index is 11.1. The molecule has 0 unspecified atom stereocenters. The van der Waals surface area contributed by atoms with Crippen molar-refractivity contribution in [3.8, 4) is 0 Å². The number of rotatable bonds is 3.